The van der Waals surface area contributed by atoms with Crippen LogP contribution in [-0.4, -0.2) is 0 Å². The van der Waals surface area contributed by atoms with Gasteiger partial charge in [0.15, 0.2) is 11.6 Å². The molecule has 0 spiro atoms. The summed E-state index contributed by atoms with van der Waals surface area (Å²) in [6.45, 7) is 5.14. The van der Waals surface area contributed by atoms with Gasteiger partial charge in [0.25, 0.3) is 0 Å². The first-order chi connectivity index (χ1) is 6.00. The third-order valence-corrected chi connectivity index (χ3v) is 2.44. The van der Waals surface area contributed by atoms with Gasteiger partial charge in [0.2, 0.25) is 0 Å². The SMILES string of the molecule is CCc1c(C)c(C)c(F)c(N)c1F. The minimum Gasteiger partial charge on any atom is -0.394 e. The molecular weight excluding hydrogens is 172 g/mol. The second-order valence-electron chi connectivity index (χ2n) is 3.12. The third-order valence-electron chi connectivity index (χ3n) is 2.44. The zero-order valence-electron chi connectivity index (χ0n) is 8.04. The number of nitrogen functional groups attached to an aromatic ring is 1. The van der Waals surface area contributed by atoms with Crippen molar-refractivity contribution in [2.24, 2.45) is 0 Å². The van der Waals surface area contributed by atoms with Crippen LogP contribution in [0.1, 0.15) is 23.6 Å². The van der Waals surface area contributed by atoms with Crippen LogP contribution >= 0.6 is 0 Å². The van der Waals surface area contributed by atoms with Crippen LogP contribution in [0.4, 0.5) is 14.5 Å². The van der Waals surface area contributed by atoms with E-state index in [4.69, 9.17) is 5.73 Å². The van der Waals surface area contributed by atoms with Gasteiger partial charge >= 0.3 is 0 Å². The molecule has 0 unspecified atom stereocenters. The van der Waals surface area contributed by atoms with E-state index in [1.165, 1.54) is 0 Å². The zero-order valence-corrected chi connectivity index (χ0v) is 8.04. The molecule has 2 N–H and O–H groups in total. The molecule has 1 aromatic rings. The van der Waals surface area contributed by atoms with Crippen LogP contribution in [-0.2, 0) is 6.42 Å². The Balaban J connectivity index is 3.56. The molecule has 0 saturated carbocycles. The summed E-state index contributed by atoms with van der Waals surface area (Å²) in [4.78, 5) is 0. The van der Waals surface area contributed by atoms with E-state index < -0.39 is 11.6 Å². The maximum atomic E-state index is 13.3. The van der Waals surface area contributed by atoms with Crippen LogP contribution in [0.5, 0.6) is 0 Å². The van der Waals surface area contributed by atoms with E-state index in [2.05, 4.69) is 0 Å². The van der Waals surface area contributed by atoms with Crippen molar-refractivity contribution < 1.29 is 8.78 Å². The van der Waals surface area contributed by atoms with Crippen LogP contribution < -0.4 is 5.73 Å². The molecule has 1 aromatic carbocycles. The maximum Gasteiger partial charge on any atom is 0.152 e. The van der Waals surface area contributed by atoms with Crippen LogP contribution in [0.2, 0.25) is 0 Å². The van der Waals surface area contributed by atoms with Gasteiger partial charge in [-0.15, -0.1) is 0 Å². The highest BCUT2D eigenvalue weighted by Crippen LogP contribution is 2.26. The fourth-order valence-corrected chi connectivity index (χ4v) is 1.44. The Morgan fingerprint density at radius 1 is 1.08 bits per heavy atom. The Kier molecular flexibility index (Phi) is 2.55. The first-order valence-electron chi connectivity index (χ1n) is 4.23. The number of rotatable bonds is 1. The Hall–Kier alpha value is -1.12. The summed E-state index contributed by atoms with van der Waals surface area (Å²) in [7, 11) is 0. The number of hydrogen-bond acceptors (Lipinski definition) is 1. The molecule has 0 fully saturated rings. The van der Waals surface area contributed by atoms with Gasteiger partial charge in [-0.3, -0.25) is 0 Å². The molecule has 3 heteroatoms. The fourth-order valence-electron chi connectivity index (χ4n) is 1.44. The highest BCUT2D eigenvalue weighted by molar-refractivity contribution is 5.52. The smallest absolute Gasteiger partial charge is 0.152 e. The lowest BCUT2D eigenvalue weighted by atomic mass is 9.99. The molecule has 1 rings (SSSR count). The van der Waals surface area contributed by atoms with Gasteiger partial charge in [0, 0.05) is 0 Å². The molecule has 0 bridgehead atoms. The minimum absolute atomic E-state index is 0.361. The van der Waals surface area contributed by atoms with Gasteiger partial charge in [-0.1, -0.05) is 6.92 Å². The Bertz CT molecular complexity index is 316. The number of nitrogens with two attached hydrogens (primary N) is 1. The van der Waals surface area contributed by atoms with E-state index in [0.717, 1.165) is 0 Å². The summed E-state index contributed by atoms with van der Waals surface area (Å²) in [5.74, 6) is -1.24. The molecule has 0 aliphatic rings. The molecule has 13 heavy (non-hydrogen) atoms. The molecule has 0 radical (unpaired) electrons. The monoisotopic (exact) mass is 185 g/mol. The molecule has 0 saturated heterocycles. The average Bonchev–Trinajstić information content (AvgIpc) is 2.13. The van der Waals surface area contributed by atoms with Crippen LogP contribution in [0, 0.1) is 25.5 Å². The summed E-state index contributed by atoms with van der Waals surface area (Å²) < 4.78 is 26.5. The highest BCUT2D eigenvalue weighted by Gasteiger charge is 2.16. The predicted molar refractivity (Wildman–Crippen MR) is 49.6 cm³/mol. The first kappa shape index (κ1) is 9.96. The lowest BCUT2D eigenvalue weighted by Crippen LogP contribution is -2.05. The topological polar surface area (TPSA) is 26.0 Å². The molecule has 0 aliphatic carbocycles. The third kappa shape index (κ3) is 1.39. The highest BCUT2D eigenvalue weighted by atomic mass is 19.1. The molecule has 0 atom stereocenters. The standard InChI is InChI=1S/C10H13F2N/c1-4-7-5(2)6(3)8(11)10(13)9(7)12/h4,13H2,1-3H3. The fraction of sp³-hybridized carbons (Fsp3) is 0.400. The van der Waals surface area contributed by atoms with Crippen molar-refractivity contribution in [1.82, 2.24) is 0 Å². The van der Waals surface area contributed by atoms with Gasteiger partial charge in [-0.25, -0.2) is 8.78 Å². The van der Waals surface area contributed by atoms with Crippen molar-refractivity contribution in [1.29, 1.82) is 0 Å². The molecule has 0 amide bonds. The van der Waals surface area contributed by atoms with E-state index in [1.54, 1.807) is 13.8 Å². The van der Waals surface area contributed by atoms with Gasteiger partial charge in [-0.05, 0) is 37.0 Å². The minimum atomic E-state index is -0.632. The quantitative estimate of drug-likeness (QED) is 0.669. The van der Waals surface area contributed by atoms with Crippen LogP contribution in [0.25, 0.3) is 0 Å². The van der Waals surface area contributed by atoms with Crippen molar-refractivity contribution in [2.75, 3.05) is 5.73 Å². The van der Waals surface area contributed by atoms with Crippen LogP contribution in [0.15, 0.2) is 0 Å². The average molecular weight is 185 g/mol. The maximum absolute atomic E-state index is 13.3. The van der Waals surface area contributed by atoms with Crippen molar-refractivity contribution in [3.63, 3.8) is 0 Å². The Morgan fingerprint density at radius 2 is 1.62 bits per heavy atom. The second kappa shape index (κ2) is 3.32. The summed E-state index contributed by atoms with van der Waals surface area (Å²) in [5.41, 5.74) is 6.53. The van der Waals surface area contributed by atoms with Crippen molar-refractivity contribution in [3.8, 4) is 0 Å². The van der Waals surface area contributed by atoms with Gasteiger partial charge in [0.05, 0.1) is 0 Å². The summed E-state index contributed by atoms with van der Waals surface area (Å²) >= 11 is 0. The van der Waals surface area contributed by atoms with Crippen LogP contribution in [0.3, 0.4) is 0 Å². The lowest BCUT2D eigenvalue weighted by Gasteiger charge is -2.11. The van der Waals surface area contributed by atoms with E-state index in [0.29, 0.717) is 23.1 Å². The van der Waals surface area contributed by atoms with E-state index in [9.17, 15) is 8.78 Å². The van der Waals surface area contributed by atoms with Gasteiger partial charge in [-0.2, -0.15) is 0 Å². The first-order valence-corrected chi connectivity index (χ1v) is 4.23. The number of benzene rings is 1. The number of halogens is 2. The largest absolute Gasteiger partial charge is 0.394 e. The zero-order chi connectivity index (χ0) is 10.2. The van der Waals surface area contributed by atoms with Gasteiger partial charge < -0.3 is 5.73 Å². The molecule has 0 aliphatic heterocycles. The van der Waals surface area contributed by atoms with E-state index >= 15 is 0 Å². The molecular formula is C10H13F2N. The lowest BCUT2D eigenvalue weighted by molar-refractivity contribution is 0.573. The van der Waals surface area contributed by atoms with E-state index in [1.807, 2.05) is 6.92 Å². The summed E-state index contributed by atoms with van der Waals surface area (Å²) in [6.07, 6.45) is 0.531. The van der Waals surface area contributed by atoms with Crippen molar-refractivity contribution >= 4 is 5.69 Å². The molecule has 0 aromatic heterocycles. The van der Waals surface area contributed by atoms with E-state index in [-0.39, 0.29) is 5.69 Å². The summed E-state index contributed by atoms with van der Waals surface area (Å²) in [6, 6.07) is 0. The molecule has 1 nitrogen and oxygen atoms in total. The summed E-state index contributed by atoms with van der Waals surface area (Å²) in [5, 5.41) is 0. The Morgan fingerprint density at radius 3 is 2.08 bits per heavy atom. The van der Waals surface area contributed by atoms with Gasteiger partial charge in [0.1, 0.15) is 5.69 Å². The number of anilines is 1. The van der Waals surface area contributed by atoms with Crippen molar-refractivity contribution in [2.45, 2.75) is 27.2 Å². The predicted octanol–water partition coefficient (Wildman–Crippen LogP) is 2.73. The Labute approximate surface area is 76.6 Å². The molecule has 72 valence electrons. The van der Waals surface area contributed by atoms with Crippen molar-refractivity contribution in [3.05, 3.63) is 28.3 Å². The second-order valence-corrected chi connectivity index (χ2v) is 3.12. The molecule has 0 heterocycles. The number of hydrogen-bond donors (Lipinski definition) is 1. The normalized spacial score (nSPS) is 10.5.